The van der Waals surface area contributed by atoms with Gasteiger partial charge in [-0.05, 0) is 43.4 Å². The lowest BCUT2D eigenvalue weighted by molar-refractivity contribution is 0.402. The topological polar surface area (TPSA) is 81.4 Å². The van der Waals surface area contributed by atoms with E-state index in [2.05, 4.69) is 4.72 Å². The number of nitrogens with two attached hydrogens (primary N) is 1. The van der Waals surface area contributed by atoms with Gasteiger partial charge in [0.1, 0.15) is 10.6 Å². The van der Waals surface area contributed by atoms with Crippen molar-refractivity contribution in [2.24, 2.45) is 5.92 Å². The third kappa shape index (κ3) is 3.24. The summed E-state index contributed by atoms with van der Waals surface area (Å²) < 4.78 is 32.6. The maximum atomic E-state index is 12.4. The first-order valence-corrected chi connectivity index (χ1v) is 8.36. The smallest absolute Gasteiger partial charge is 0.244 e. The molecule has 0 amide bonds. The lowest BCUT2D eigenvalue weighted by atomic mass is 10.1. The molecule has 1 saturated carbocycles. The average molecular weight is 298 g/mol. The molecule has 112 valence electrons. The highest BCUT2D eigenvalue weighted by molar-refractivity contribution is 7.89. The van der Waals surface area contributed by atoms with Crippen molar-refractivity contribution in [1.29, 1.82) is 0 Å². The lowest BCUT2D eigenvalue weighted by Gasteiger charge is -2.15. The van der Waals surface area contributed by atoms with E-state index in [4.69, 9.17) is 10.5 Å². The molecule has 1 aromatic carbocycles. The Hall–Kier alpha value is -1.27. The number of hydrogen-bond donors (Lipinski definition) is 2. The highest BCUT2D eigenvalue weighted by atomic mass is 32.2. The van der Waals surface area contributed by atoms with E-state index in [0.29, 0.717) is 23.9 Å². The zero-order valence-electron chi connectivity index (χ0n) is 12.0. The monoisotopic (exact) mass is 298 g/mol. The fraction of sp³-hybridized carbons (Fsp3) is 0.571. The molecule has 5 nitrogen and oxygen atoms in total. The minimum Gasteiger partial charge on any atom is -0.495 e. The fourth-order valence-corrected chi connectivity index (χ4v) is 3.87. The molecule has 1 aliphatic carbocycles. The number of benzene rings is 1. The number of ether oxygens (including phenoxy) is 1. The van der Waals surface area contributed by atoms with Gasteiger partial charge in [0.2, 0.25) is 10.0 Å². The van der Waals surface area contributed by atoms with Gasteiger partial charge in [-0.2, -0.15) is 0 Å². The Morgan fingerprint density at radius 1 is 1.35 bits per heavy atom. The van der Waals surface area contributed by atoms with Gasteiger partial charge in [0, 0.05) is 12.2 Å². The molecule has 1 fully saturated rings. The molecule has 0 radical (unpaired) electrons. The van der Waals surface area contributed by atoms with E-state index < -0.39 is 10.0 Å². The maximum absolute atomic E-state index is 12.4. The fourth-order valence-electron chi connectivity index (χ4n) is 2.57. The van der Waals surface area contributed by atoms with Crippen LogP contribution in [0.5, 0.6) is 5.75 Å². The predicted octanol–water partition coefficient (Wildman–Crippen LogP) is 2.05. The Kier molecular flexibility index (Phi) is 4.55. The van der Waals surface area contributed by atoms with Crippen molar-refractivity contribution in [3.05, 3.63) is 17.7 Å². The predicted molar refractivity (Wildman–Crippen MR) is 79.3 cm³/mol. The van der Waals surface area contributed by atoms with E-state index in [1.165, 1.54) is 26.0 Å². The molecule has 0 atom stereocenters. The van der Waals surface area contributed by atoms with E-state index in [-0.39, 0.29) is 4.90 Å². The molecule has 1 aromatic rings. The molecule has 0 spiro atoms. The van der Waals surface area contributed by atoms with E-state index in [0.717, 1.165) is 18.4 Å². The zero-order valence-corrected chi connectivity index (χ0v) is 12.8. The SMILES string of the molecule is COc1cc(C)c(N)cc1S(=O)(=O)NCC1CCCC1. The highest BCUT2D eigenvalue weighted by Crippen LogP contribution is 2.29. The first-order chi connectivity index (χ1) is 9.44. The van der Waals surface area contributed by atoms with Crippen LogP contribution in [0.2, 0.25) is 0 Å². The number of nitrogen functional groups attached to an aromatic ring is 1. The summed E-state index contributed by atoms with van der Waals surface area (Å²) in [6.45, 7) is 2.31. The second kappa shape index (κ2) is 6.01. The van der Waals surface area contributed by atoms with Gasteiger partial charge >= 0.3 is 0 Å². The normalized spacial score (nSPS) is 16.5. The summed E-state index contributed by atoms with van der Waals surface area (Å²) in [5.74, 6) is 0.772. The van der Waals surface area contributed by atoms with E-state index >= 15 is 0 Å². The van der Waals surface area contributed by atoms with Crippen molar-refractivity contribution in [1.82, 2.24) is 4.72 Å². The first kappa shape index (κ1) is 15.1. The minimum atomic E-state index is -3.58. The van der Waals surface area contributed by atoms with Crippen LogP contribution in [0.4, 0.5) is 5.69 Å². The third-order valence-corrected chi connectivity index (χ3v) is 5.32. The van der Waals surface area contributed by atoms with Gasteiger partial charge in [-0.3, -0.25) is 0 Å². The molecule has 20 heavy (non-hydrogen) atoms. The number of anilines is 1. The Morgan fingerprint density at radius 3 is 2.60 bits per heavy atom. The van der Waals surface area contributed by atoms with Crippen LogP contribution >= 0.6 is 0 Å². The second-order valence-electron chi connectivity index (χ2n) is 5.36. The van der Waals surface area contributed by atoms with Gasteiger partial charge in [-0.1, -0.05) is 12.8 Å². The quantitative estimate of drug-likeness (QED) is 0.815. The molecule has 2 rings (SSSR count). The van der Waals surface area contributed by atoms with Crippen molar-refractivity contribution in [3.63, 3.8) is 0 Å². The summed E-state index contributed by atoms with van der Waals surface area (Å²) in [5.41, 5.74) is 7.06. The number of hydrogen-bond acceptors (Lipinski definition) is 4. The maximum Gasteiger partial charge on any atom is 0.244 e. The van der Waals surface area contributed by atoms with E-state index in [1.54, 1.807) is 6.07 Å². The van der Waals surface area contributed by atoms with Crippen LogP contribution < -0.4 is 15.2 Å². The van der Waals surface area contributed by atoms with E-state index in [9.17, 15) is 8.42 Å². The Morgan fingerprint density at radius 2 is 2.00 bits per heavy atom. The molecule has 6 heteroatoms. The summed E-state index contributed by atoms with van der Waals surface area (Å²) in [7, 11) is -2.13. The van der Waals surface area contributed by atoms with Crippen LogP contribution in [0.25, 0.3) is 0 Å². The number of rotatable bonds is 5. The van der Waals surface area contributed by atoms with Gasteiger partial charge in [-0.25, -0.2) is 13.1 Å². The zero-order chi connectivity index (χ0) is 14.8. The molecule has 3 N–H and O–H groups in total. The summed E-state index contributed by atoms with van der Waals surface area (Å²) in [6, 6.07) is 3.12. The van der Waals surface area contributed by atoms with Crippen LogP contribution in [-0.2, 0) is 10.0 Å². The van der Waals surface area contributed by atoms with Crippen LogP contribution in [-0.4, -0.2) is 22.1 Å². The van der Waals surface area contributed by atoms with Gasteiger partial charge in [0.25, 0.3) is 0 Å². The standard InChI is InChI=1S/C14H22N2O3S/c1-10-7-13(19-2)14(8-12(10)15)20(17,18)16-9-11-5-3-4-6-11/h7-8,11,16H,3-6,9,15H2,1-2H3. The van der Waals surface area contributed by atoms with Crippen LogP contribution in [0.3, 0.4) is 0 Å². The van der Waals surface area contributed by atoms with Crippen molar-refractivity contribution in [2.45, 2.75) is 37.5 Å². The summed E-state index contributed by atoms with van der Waals surface area (Å²) in [5, 5.41) is 0. The molecule has 1 aliphatic rings. The van der Waals surface area contributed by atoms with Gasteiger partial charge in [0.05, 0.1) is 7.11 Å². The molecule has 0 unspecified atom stereocenters. The van der Waals surface area contributed by atoms with Gasteiger partial charge in [0.15, 0.2) is 0 Å². The molecule has 0 heterocycles. The summed E-state index contributed by atoms with van der Waals surface area (Å²) in [6.07, 6.45) is 4.56. The number of nitrogens with one attached hydrogen (secondary N) is 1. The van der Waals surface area contributed by atoms with E-state index in [1.807, 2.05) is 6.92 Å². The van der Waals surface area contributed by atoms with Crippen LogP contribution in [0.15, 0.2) is 17.0 Å². The molecular formula is C14H22N2O3S. The van der Waals surface area contributed by atoms with Crippen molar-refractivity contribution < 1.29 is 13.2 Å². The first-order valence-electron chi connectivity index (χ1n) is 6.88. The number of methoxy groups -OCH3 is 1. The molecule has 0 aromatic heterocycles. The lowest BCUT2D eigenvalue weighted by Crippen LogP contribution is -2.29. The Balaban J connectivity index is 2.21. The van der Waals surface area contributed by atoms with Crippen molar-refractivity contribution in [3.8, 4) is 5.75 Å². The second-order valence-corrected chi connectivity index (χ2v) is 7.10. The number of sulfonamides is 1. The summed E-state index contributed by atoms with van der Waals surface area (Å²) in [4.78, 5) is 0.112. The molecule has 0 bridgehead atoms. The summed E-state index contributed by atoms with van der Waals surface area (Å²) >= 11 is 0. The minimum absolute atomic E-state index is 0.112. The molecule has 0 aliphatic heterocycles. The van der Waals surface area contributed by atoms with Crippen molar-refractivity contribution >= 4 is 15.7 Å². The Labute approximate surface area is 120 Å². The highest BCUT2D eigenvalue weighted by Gasteiger charge is 2.23. The number of aryl methyl sites for hydroxylation is 1. The molecule has 0 saturated heterocycles. The molecular weight excluding hydrogens is 276 g/mol. The third-order valence-electron chi connectivity index (χ3n) is 3.88. The Bertz CT molecular complexity index is 578. The average Bonchev–Trinajstić information content (AvgIpc) is 2.92. The van der Waals surface area contributed by atoms with Crippen LogP contribution in [0, 0.1) is 12.8 Å². The van der Waals surface area contributed by atoms with Gasteiger partial charge in [-0.15, -0.1) is 0 Å². The van der Waals surface area contributed by atoms with Crippen LogP contribution in [0.1, 0.15) is 31.2 Å². The van der Waals surface area contributed by atoms with Crippen molar-refractivity contribution in [2.75, 3.05) is 19.4 Å². The van der Waals surface area contributed by atoms with Gasteiger partial charge < -0.3 is 10.5 Å². The largest absolute Gasteiger partial charge is 0.495 e.